The van der Waals surface area contributed by atoms with Gasteiger partial charge in [0.1, 0.15) is 0 Å². The molecule has 1 N–H and O–H groups in total. The molecule has 0 aromatic rings. The van der Waals surface area contributed by atoms with E-state index in [1.165, 1.54) is 25.7 Å². The summed E-state index contributed by atoms with van der Waals surface area (Å²) in [5, 5.41) is 10.2. The van der Waals surface area contributed by atoms with Gasteiger partial charge in [-0.15, -0.1) is 0 Å². The van der Waals surface area contributed by atoms with Crippen LogP contribution >= 0.6 is 0 Å². The Morgan fingerprint density at radius 2 is 1.79 bits per heavy atom. The topological polar surface area (TPSA) is 38.7 Å². The van der Waals surface area contributed by atoms with Gasteiger partial charge in [-0.25, -0.2) is 0 Å². The normalized spacial score (nSPS) is 25.2. The molecule has 1 atom stereocenters. The van der Waals surface area contributed by atoms with Crippen molar-refractivity contribution in [3.63, 3.8) is 0 Å². The van der Waals surface area contributed by atoms with Crippen LogP contribution in [0.1, 0.15) is 59.3 Å². The van der Waals surface area contributed by atoms with E-state index < -0.39 is 5.79 Å². The third kappa shape index (κ3) is 3.80. The van der Waals surface area contributed by atoms with Gasteiger partial charge in [-0.2, -0.15) is 0 Å². The summed E-state index contributed by atoms with van der Waals surface area (Å²) < 4.78 is 11.6. The van der Waals surface area contributed by atoms with Crippen LogP contribution in [-0.2, 0) is 9.47 Å². The van der Waals surface area contributed by atoms with Gasteiger partial charge in [-0.1, -0.05) is 52.9 Å². The minimum absolute atomic E-state index is 0.0812. The first-order valence-corrected chi connectivity index (χ1v) is 7.68. The summed E-state index contributed by atoms with van der Waals surface area (Å²) in [4.78, 5) is 0. The maximum atomic E-state index is 10.2. The fourth-order valence-electron chi connectivity index (χ4n) is 2.53. The number of rotatable bonds is 7. The van der Waals surface area contributed by atoms with E-state index in [0.29, 0.717) is 13.2 Å². The predicted octanol–water partition coefficient (Wildman–Crippen LogP) is 3.42. The second-order valence-electron chi connectivity index (χ2n) is 6.73. The Balaban J connectivity index is 1.66. The van der Waals surface area contributed by atoms with Gasteiger partial charge in [-0.05, 0) is 12.5 Å². The smallest absolute Gasteiger partial charge is 0.214 e. The largest absolute Gasteiger partial charge is 0.389 e. The average Bonchev–Trinajstić information content (AvgIpc) is 3.08. The van der Waals surface area contributed by atoms with Gasteiger partial charge in [0, 0.05) is 11.0 Å². The minimum atomic E-state index is -0.641. The molecule has 1 spiro atoms. The molecule has 0 saturated carbocycles. The Morgan fingerprint density at radius 1 is 1.16 bits per heavy atom. The van der Waals surface area contributed by atoms with Crippen molar-refractivity contribution in [1.82, 2.24) is 0 Å². The molecule has 1 aliphatic heterocycles. The minimum Gasteiger partial charge on any atom is -0.389 e. The summed E-state index contributed by atoms with van der Waals surface area (Å²) >= 11 is 0. The maximum Gasteiger partial charge on any atom is 0.214 e. The summed E-state index contributed by atoms with van der Waals surface area (Å²) in [6.45, 7) is 7.86. The van der Waals surface area contributed by atoms with Crippen molar-refractivity contribution in [2.75, 3.05) is 13.2 Å². The van der Waals surface area contributed by atoms with Crippen molar-refractivity contribution in [3.8, 4) is 0 Å². The highest BCUT2D eigenvalue weighted by Gasteiger charge is 2.53. The first kappa shape index (κ1) is 15.0. The molecule has 0 bridgehead atoms. The zero-order valence-electron chi connectivity index (χ0n) is 12.6. The van der Waals surface area contributed by atoms with Crippen LogP contribution in [-0.4, -0.2) is 30.2 Å². The Kier molecular flexibility index (Phi) is 4.70. The summed E-state index contributed by atoms with van der Waals surface area (Å²) in [6, 6.07) is 0. The molecule has 0 aromatic carbocycles. The van der Waals surface area contributed by atoms with E-state index in [-0.39, 0.29) is 11.5 Å². The zero-order valence-corrected chi connectivity index (χ0v) is 12.6. The van der Waals surface area contributed by atoms with Crippen molar-refractivity contribution in [1.29, 1.82) is 0 Å². The maximum absolute atomic E-state index is 10.2. The Bertz CT molecular complexity index is 323. The molecule has 1 unspecified atom stereocenters. The van der Waals surface area contributed by atoms with Gasteiger partial charge in [0.2, 0.25) is 5.79 Å². The molecule has 110 valence electrons. The predicted molar refractivity (Wildman–Crippen MR) is 75.9 cm³/mol. The van der Waals surface area contributed by atoms with E-state index in [9.17, 15) is 5.11 Å². The summed E-state index contributed by atoms with van der Waals surface area (Å²) in [5.41, 5.74) is 1.02. The molecule has 0 radical (unpaired) electrons. The highest BCUT2D eigenvalue weighted by atomic mass is 16.7. The SMILES string of the molecule is CCCCCCCC(O)C1=CC12OCC(C)(C)CO2. The first-order valence-electron chi connectivity index (χ1n) is 7.68. The quantitative estimate of drug-likeness (QED) is 0.568. The lowest BCUT2D eigenvalue weighted by molar-refractivity contribution is -0.233. The summed E-state index contributed by atoms with van der Waals surface area (Å²) in [7, 11) is 0. The summed E-state index contributed by atoms with van der Waals surface area (Å²) in [6.07, 6.45) is 8.50. The Hall–Kier alpha value is -0.380. The second kappa shape index (κ2) is 5.94. The first-order chi connectivity index (χ1) is 8.99. The second-order valence-corrected chi connectivity index (χ2v) is 6.73. The average molecular weight is 268 g/mol. The number of ether oxygens (including phenoxy) is 2. The van der Waals surface area contributed by atoms with Crippen LogP contribution in [0, 0.1) is 5.41 Å². The van der Waals surface area contributed by atoms with Crippen LogP contribution in [0.15, 0.2) is 11.6 Å². The molecular weight excluding hydrogens is 240 g/mol. The van der Waals surface area contributed by atoms with Crippen LogP contribution in [0.3, 0.4) is 0 Å². The molecule has 1 saturated heterocycles. The lowest BCUT2D eigenvalue weighted by Crippen LogP contribution is -2.42. The number of aliphatic hydroxyl groups excluding tert-OH is 1. The van der Waals surface area contributed by atoms with Crippen molar-refractivity contribution in [3.05, 3.63) is 11.6 Å². The van der Waals surface area contributed by atoms with Gasteiger partial charge in [0.25, 0.3) is 0 Å². The number of aliphatic hydroxyl groups is 1. The summed E-state index contributed by atoms with van der Waals surface area (Å²) in [5.74, 6) is -0.641. The molecule has 0 amide bonds. The van der Waals surface area contributed by atoms with Gasteiger partial charge >= 0.3 is 0 Å². The van der Waals surface area contributed by atoms with E-state index in [2.05, 4.69) is 20.8 Å². The third-order valence-electron chi connectivity index (χ3n) is 3.96. The highest BCUT2D eigenvalue weighted by Crippen LogP contribution is 2.47. The molecule has 19 heavy (non-hydrogen) atoms. The van der Waals surface area contributed by atoms with Crippen LogP contribution in [0.5, 0.6) is 0 Å². The highest BCUT2D eigenvalue weighted by molar-refractivity contribution is 5.42. The lowest BCUT2D eigenvalue weighted by Gasteiger charge is -2.36. The fraction of sp³-hybridized carbons (Fsp3) is 0.875. The van der Waals surface area contributed by atoms with Gasteiger partial charge in [0.05, 0.1) is 19.3 Å². The van der Waals surface area contributed by atoms with Crippen molar-refractivity contribution >= 4 is 0 Å². The molecule has 0 aromatic heterocycles. The number of unbranched alkanes of at least 4 members (excludes halogenated alkanes) is 4. The molecule has 1 aliphatic carbocycles. The molecule has 1 fully saturated rings. The zero-order chi connectivity index (χ0) is 13.9. The molecule has 3 nitrogen and oxygen atoms in total. The number of hydrogen-bond acceptors (Lipinski definition) is 3. The van der Waals surface area contributed by atoms with Gasteiger partial charge < -0.3 is 14.6 Å². The van der Waals surface area contributed by atoms with Gasteiger partial charge in [-0.3, -0.25) is 0 Å². The van der Waals surface area contributed by atoms with Crippen LogP contribution in [0.2, 0.25) is 0 Å². The van der Waals surface area contributed by atoms with Gasteiger partial charge in [0.15, 0.2) is 0 Å². The van der Waals surface area contributed by atoms with E-state index >= 15 is 0 Å². The molecule has 3 heteroatoms. The molecule has 2 rings (SSSR count). The van der Waals surface area contributed by atoms with E-state index in [4.69, 9.17) is 9.47 Å². The van der Waals surface area contributed by atoms with Crippen LogP contribution in [0.25, 0.3) is 0 Å². The Morgan fingerprint density at radius 3 is 2.42 bits per heavy atom. The van der Waals surface area contributed by atoms with Crippen LogP contribution in [0.4, 0.5) is 0 Å². The monoisotopic (exact) mass is 268 g/mol. The van der Waals surface area contributed by atoms with Crippen molar-refractivity contribution in [2.45, 2.75) is 71.2 Å². The molecular formula is C16H28O3. The Labute approximate surface area is 117 Å². The van der Waals surface area contributed by atoms with E-state index in [1.54, 1.807) is 0 Å². The van der Waals surface area contributed by atoms with E-state index in [0.717, 1.165) is 18.4 Å². The van der Waals surface area contributed by atoms with E-state index in [1.807, 2.05) is 6.08 Å². The molecule has 1 heterocycles. The fourth-order valence-corrected chi connectivity index (χ4v) is 2.53. The standard InChI is InChI=1S/C16H28O3/c1-4-5-6-7-8-9-14(17)13-10-16(13)18-11-15(2,3)12-19-16/h10,14,17H,4-9,11-12H2,1-3H3. The lowest BCUT2D eigenvalue weighted by atomic mass is 9.95. The third-order valence-corrected chi connectivity index (χ3v) is 3.96. The van der Waals surface area contributed by atoms with Crippen LogP contribution < -0.4 is 0 Å². The molecule has 2 aliphatic rings. The van der Waals surface area contributed by atoms with Crippen molar-refractivity contribution < 1.29 is 14.6 Å². The van der Waals surface area contributed by atoms with Crippen molar-refractivity contribution in [2.24, 2.45) is 5.41 Å². The number of hydrogen-bond donors (Lipinski definition) is 1.